The van der Waals surface area contributed by atoms with Crippen LogP contribution in [0.1, 0.15) is 11.5 Å². The van der Waals surface area contributed by atoms with Gasteiger partial charge in [-0.2, -0.15) is 0 Å². The molecule has 1 atom stereocenters. The minimum absolute atomic E-state index is 0.157. The average molecular weight is 257 g/mol. The van der Waals surface area contributed by atoms with Crippen LogP contribution in [-0.2, 0) is 4.79 Å². The van der Waals surface area contributed by atoms with Crippen molar-refractivity contribution in [3.05, 3.63) is 54.1 Å². The van der Waals surface area contributed by atoms with E-state index in [0.717, 1.165) is 17.4 Å². The molecule has 96 valence electrons. The van der Waals surface area contributed by atoms with Crippen LogP contribution in [0.2, 0.25) is 0 Å². The molecule has 1 unspecified atom stereocenters. The van der Waals surface area contributed by atoms with E-state index in [4.69, 9.17) is 0 Å². The minimum atomic E-state index is -0.532. The van der Waals surface area contributed by atoms with Gasteiger partial charge in [0.05, 0.1) is 17.8 Å². The van der Waals surface area contributed by atoms with Crippen LogP contribution in [-0.4, -0.2) is 17.4 Å². The average Bonchev–Trinajstić information content (AvgIpc) is 2.85. The highest BCUT2D eigenvalue weighted by molar-refractivity contribution is 5.98. The van der Waals surface area contributed by atoms with E-state index in [2.05, 4.69) is 15.6 Å². The van der Waals surface area contributed by atoms with E-state index < -0.39 is 5.82 Å². The number of amides is 1. The van der Waals surface area contributed by atoms with Gasteiger partial charge < -0.3 is 10.6 Å². The zero-order valence-corrected chi connectivity index (χ0v) is 10.1. The number of carbonyl (C=O) groups excluding carboxylic acids is 1. The molecule has 1 aromatic carbocycles. The fourth-order valence-corrected chi connectivity index (χ4v) is 2.21. The summed E-state index contributed by atoms with van der Waals surface area (Å²) in [7, 11) is 0. The molecule has 1 aliphatic heterocycles. The summed E-state index contributed by atoms with van der Waals surface area (Å²) in [6, 6.07) is 9.08. The molecule has 2 N–H and O–H groups in total. The number of aromatic nitrogens is 1. The molecule has 0 radical (unpaired) electrons. The normalized spacial score (nSPS) is 16.6. The third-order valence-corrected chi connectivity index (χ3v) is 3.18. The number of rotatable bonds is 2. The summed E-state index contributed by atoms with van der Waals surface area (Å²) in [6.45, 7) is 0.526. The molecular weight excluding hydrogens is 245 g/mol. The number of benzene rings is 1. The summed E-state index contributed by atoms with van der Waals surface area (Å²) < 4.78 is 13.4. The van der Waals surface area contributed by atoms with Crippen LogP contribution in [0.5, 0.6) is 0 Å². The van der Waals surface area contributed by atoms with Gasteiger partial charge in [-0.3, -0.25) is 9.78 Å². The molecule has 1 aliphatic rings. The number of hydrogen-bond acceptors (Lipinski definition) is 3. The fourth-order valence-electron chi connectivity index (χ4n) is 2.21. The second-order valence-corrected chi connectivity index (χ2v) is 4.37. The van der Waals surface area contributed by atoms with E-state index in [9.17, 15) is 9.18 Å². The monoisotopic (exact) mass is 257 g/mol. The number of nitrogens with one attached hydrogen (secondary N) is 2. The largest absolute Gasteiger partial charge is 0.384 e. The number of para-hydroxylation sites is 1. The van der Waals surface area contributed by atoms with Gasteiger partial charge in [0.1, 0.15) is 0 Å². The first kappa shape index (κ1) is 11.6. The molecule has 0 bridgehead atoms. The highest BCUT2D eigenvalue weighted by atomic mass is 19.1. The van der Waals surface area contributed by atoms with Gasteiger partial charge in [-0.05, 0) is 17.7 Å². The maximum Gasteiger partial charge on any atom is 0.233 e. The van der Waals surface area contributed by atoms with Crippen molar-refractivity contribution in [3.63, 3.8) is 0 Å². The van der Waals surface area contributed by atoms with Crippen LogP contribution in [0.3, 0.4) is 0 Å². The molecule has 3 rings (SSSR count). The number of fused-ring (bicyclic) bond motifs is 1. The number of anilines is 2. The topological polar surface area (TPSA) is 54.0 Å². The number of pyridine rings is 1. The lowest BCUT2D eigenvalue weighted by Crippen LogP contribution is -2.23. The molecule has 1 amide bonds. The van der Waals surface area contributed by atoms with E-state index in [1.165, 1.54) is 12.3 Å². The van der Waals surface area contributed by atoms with Crippen molar-refractivity contribution in [2.45, 2.75) is 5.92 Å². The van der Waals surface area contributed by atoms with E-state index in [-0.39, 0.29) is 17.5 Å². The second kappa shape index (κ2) is 4.68. The lowest BCUT2D eigenvalue weighted by Gasteiger charge is -2.11. The first-order valence-corrected chi connectivity index (χ1v) is 5.99. The number of hydrogen-bond donors (Lipinski definition) is 2. The molecule has 0 spiro atoms. The lowest BCUT2D eigenvalue weighted by atomic mass is 10.0. The smallest absolute Gasteiger partial charge is 0.233 e. The van der Waals surface area contributed by atoms with Crippen LogP contribution in [0.4, 0.5) is 15.8 Å². The number of nitrogens with zero attached hydrogens (tertiary/aromatic N) is 1. The maximum atomic E-state index is 13.4. The van der Waals surface area contributed by atoms with Crippen LogP contribution in [0, 0.1) is 5.82 Å². The van der Waals surface area contributed by atoms with Crippen molar-refractivity contribution in [1.29, 1.82) is 0 Å². The van der Waals surface area contributed by atoms with Gasteiger partial charge in [-0.1, -0.05) is 18.2 Å². The second-order valence-electron chi connectivity index (χ2n) is 4.37. The van der Waals surface area contributed by atoms with E-state index >= 15 is 0 Å². The summed E-state index contributed by atoms with van der Waals surface area (Å²) in [4.78, 5) is 15.8. The molecule has 0 aliphatic carbocycles. The zero-order valence-electron chi connectivity index (χ0n) is 10.1. The molecule has 0 saturated carbocycles. The Kier molecular flexibility index (Phi) is 2.87. The van der Waals surface area contributed by atoms with Crippen molar-refractivity contribution in [2.24, 2.45) is 0 Å². The van der Waals surface area contributed by atoms with Crippen LogP contribution in [0.25, 0.3) is 0 Å². The minimum Gasteiger partial charge on any atom is -0.384 e. The summed E-state index contributed by atoms with van der Waals surface area (Å²) in [6.07, 6.45) is 2.52. The predicted octanol–water partition coefficient (Wildman–Crippen LogP) is 2.37. The third kappa shape index (κ3) is 2.14. The van der Waals surface area contributed by atoms with Gasteiger partial charge in [0.25, 0.3) is 0 Å². The Hall–Kier alpha value is -2.43. The van der Waals surface area contributed by atoms with Crippen LogP contribution in [0.15, 0.2) is 42.7 Å². The molecule has 2 heterocycles. The molecular formula is C14H12FN3O. The first-order chi connectivity index (χ1) is 9.25. The summed E-state index contributed by atoms with van der Waals surface area (Å²) >= 11 is 0. The molecule has 5 heteroatoms. The molecule has 2 aromatic rings. The van der Waals surface area contributed by atoms with Gasteiger partial charge in [0.2, 0.25) is 5.91 Å². The Morgan fingerprint density at radius 2 is 2.21 bits per heavy atom. The predicted molar refractivity (Wildman–Crippen MR) is 70.5 cm³/mol. The van der Waals surface area contributed by atoms with Crippen LogP contribution >= 0.6 is 0 Å². The van der Waals surface area contributed by atoms with Gasteiger partial charge in [-0.15, -0.1) is 0 Å². The molecule has 4 nitrogen and oxygen atoms in total. The Bertz CT molecular complexity index is 630. The Balaban J connectivity index is 1.81. The SMILES string of the molecule is O=C(Nc1ccncc1F)C1CNc2ccccc21. The highest BCUT2D eigenvalue weighted by Gasteiger charge is 2.28. The van der Waals surface area contributed by atoms with Crippen molar-refractivity contribution in [3.8, 4) is 0 Å². The van der Waals surface area contributed by atoms with E-state index in [0.29, 0.717) is 6.54 Å². The van der Waals surface area contributed by atoms with Crippen LogP contribution < -0.4 is 10.6 Å². The standard InChI is InChI=1S/C14H12FN3O/c15-11-8-16-6-5-13(11)18-14(19)10-7-17-12-4-2-1-3-9(10)12/h1-6,8,10,17H,7H2,(H,16,18,19). The van der Waals surface area contributed by atoms with Gasteiger partial charge in [-0.25, -0.2) is 4.39 Å². The molecule has 0 fully saturated rings. The highest BCUT2D eigenvalue weighted by Crippen LogP contribution is 2.31. The maximum absolute atomic E-state index is 13.4. The Labute approximate surface area is 109 Å². The lowest BCUT2D eigenvalue weighted by molar-refractivity contribution is -0.117. The van der Waals surface area contributed by atoms with E-state index in [1.807, 2.05) is 24.3 Å². The van der Waals surface area contributed by atoms with Gasteiger partial charge >= 0.3 is 0 Å². The van der Waals surface area contributed by atoms with Gasteiger partial charge in [0.15, 0.2) is 5.82 Å². The summed E-state index contributed by atoms with van der Waals surface area (Å²) in [5.74, 6) is -1.05. The van der Waals surface area contributed by atoms with Gasteiger partial charge in [0, 0.05) is 18.4 Å². The van der Waals surface area contributed by atoms with Crippen molar-refractivity contribution in [1.82, 2.24) is 4.98 Å². The summed E-state index contributed by atoms with van der Waals surface area (Å²) in [5, 5.41) is 5.76. The Morgan fingerprint density at radius 1 is 1.37 bits per heavy atom. The zero-order chi connectivity index (χ0) is 13.2. The quantitative estimate of drug-likeness (QED) is 0.868. The molecule has 1 aromatic heterocycles. The number of carbonyl (C=O) groups is 1. The number of halogens is 1. The fraction of sp³-hybridized carbons (Fsp3) is 0.143. The van der Waals surface area contributed by atoms with Crippen molar-refractivity contribution in [2.75, 3.05) is 17.2 Å². The van der Waals surface area contributed by atoms with Crippen molar-refractivity contribution >= 4 is 17.3 Å². The molecule has 0 saturated heterocycles. The summed E-state index contributed by atoms with van der Waals surface area (Å²) in [5.41, 5.74) is 2.05. The Morgan fingerprint density at radius 3 is 3.05 bits per heavy atom. The van der Waals surface area contributed by atoms with E-state index in [1.54, 1.807) is 0 Å². The van der Waals surface area contributed by atoms with Crippen molar-refractivity contribution < 1.29 is 9.18 Å². The molecule has 19 heavy (non-hydrogen) atoms. The third-order valence-electron chi connectivity index (χ3n) is 3.18. The first-order valence-electron chi connectivity index (χ1n) is 5.99.